The first kappa shape index (κ1) is 12.7. The zero-order valence-corrected chi connectivity index (χ0v) is 12.0. The average Bonchev–Trinajstić information content (AvgIpc) is 3.03. The Hall–Kier alpha value is -2.37. The molecule has 0 fully saturated rings. The summed E-state index contributed by atoms with van der Waals surface area (Å²) in [7, 11) is 2.06. The van der Waals surface area contributed by atoms with Gasteiger partial charge in [-0.05, 0) is 19.9 Å². The largest absolute Gasteiger partial charge is 0.358 e. The van der Waals surface area contributed by atoms with E-state index in [1.54, 1.807) is 6.20 Å². The Morgan fingerprint density at radius 1 is 1.20 bits per heavy atom. The van der Waals surface area contributed by atoms with E-state index < -0.39 is 0 Å². The Morgan fingerprint density at radius 3 is 2.80 bits per heavy atom. The molecule has 0 N–H and O–H groups in total. The van der Waals surface area contributed by atoms with E-state index in [-0.39, 0.29) is 0 Å². The minimum atomic E-state index is 0.840. The number of hydrogen-bond donors (Lipinski definition) is 0. The van der Waals surface area contributed by atoms with Gasteiger partial charge in [-0.3, -0.25) is 4.68 Å². The van der Waals surface area contributed by atoms with Crippen molar-refractivity contribution in [2.45, 2.75) is 20.4 Å². The fourth-order valence-electron chi connectivity index (χ4n) is 2.27. The number of hydrogen-bond acceptors (Lipinski definition) is 4. The number of nitrogens with zero attached hydrogens (tertiary/aromatic N) is 6. The second-order valence-corrected chi connectivity index (χ2v) is 5.00. The van der Waals surface area contributed by atoms with Crippen LogP contribution in [0.1, 0.15) is 11.4 Å². The van der Waals surface area contributed by atoms with Crippen molar-refractivity contribution in [1.82, 2.24) is 24.4 Å². The highest BCUT2D eigenvalue weighted by molar-refractivity contribution is 5.51. The zero-order chi connectivity index (χ0) is 14.1. The fourth-order valence-corrected chi connectivity index (χ4v) is 2.27. The summed E-state index contributed by atoms with van der Waals surface area (Å²) in [5.41, 5.74) is 2.87. The van der Waals surface area contributed by atoms with Gasteiger partial charge in [-0.25, -0.2) is 4.98 Å². The molecule has 3 rings (SSSR count). The van der Waals surface area contributed by atoms with Crippen molar-refractivity contribution in [3.8, 4) is 0 Å². The summed E-state index contributed by atoms with van der Waals surface area (Å²) >= 11 is 0. The van der Waals surface area contributed by atoms with Crippen LogP contribution in [0.15, 0.2) is 30.6 Å². The Labute approximate surface area is 117 Å². The SMILES string of the molecule is Cc1cc(N(C)CCn2cccn2)n2nc(C)cc2n1. The van der Waals surface area contributed by atoms with Gasteiger partial charge in [0.25, 0.3) is 0 Å². The Bertz CT molecular complexity index is 713. The van der Waals surface area contributed by atoms with E-state index in [1.165, 1.54) is 0 Å². The number of anilines is 1. The summed E-state index contributed by atoms with van der Waals surface area (Å²) in [6.07, 6.45) is 3.77. The van der Waals surface area contributed by atoms with E-state index in [0.29, 0.717) is 0 Å². The van der Waals surface area contributed by atoms with Gasteiger partial charge in [0, 0.05) is 43.8 Å². The van der Waals surface area contributed by atoms with Gasteiger partial charge in [-0.2, -0.15) is 14.7 Å². The molecule has 0 saturated heterocycles. The molecule has 104 valence electrons. The maximum absolute atomic E-state index is 4.51. The third-order valence-corrected chi connectivity index (χ3v) is 3.27. The molecule has 6 nitrogen and oxygen atoms in total. The minimum Gasteiger partial charge on any atom is -0.358 e. The normalized spacial score (nSPS) is 11.2. The van der Waals surface area contributed by atoms with Gasteiger partial charge >= 0.3 is 0 Å². The fraction of sp³-hybridized carbons (Fsp3) is 0.357. The number of aromatic nitrogens is 5. The summed E-state index contributed by atoms with van der Waals surface area (Å²) in [4.78, 5) is 6.68. The monoisotopic (exact) mass is 270 g/mol. The molecular weight excluding hydrogens is 252 g/mol. The Morgan fingerprint density at radius 2 is 2.05 bits per heavy atom. The molecule has 0 bridgehead atoms. The Balaban J connectivity index is 1.88. The molecule has 0 aliphatic carbocycles. The summed E-state index contributed by atoms with van der Waals surface area (Å²) in [6, 6.07) is 5.99. The summed E-state index contributed by atoms with van der Waals surface area (Å²) in [6.45, 7) is 5.69. The van der Waals surface area contributed by atoms with Crippen LogP contribution in [0.4, 0.5) is 5.82 Å². The van der Waals surface area contributed by atoms with Crippen molar-refractivity contribution in [1.29, 1.82) is 0 Å². The van der Waals surface area contributed by atoms with E-state index in [2.05, 4.69) is 33.2 Å². The topological polar surface area (TPSA) is 51.2 Å². The van der Waals surface area contributed by atoms with Crippen molar-refractivity contribution < 1.29 is 0 Å². The third-order valence-electron chi connectivity index (χ3n) is 3.27. The molecule has 0 radical (unpaired) electrons. The lowest BCUT2D eigenvalue weighted by Crippen LogP contribution is -2.25. The first-order valence-electron chi connectivity index (χ1n) is 6.66. The van der Waals surface area contributed by atoms with E-state index in [1.807, 2.05) is 41.4 Å². The quantitative estimate of drug-likeness (QED) is 0.724. The molecule has 0 saturated carbocycles. The minimum absolute atomic E-state index is 0.840. The summed E-state index contributed by atoms with van der Waals surface area (Å²) in [5.74, 6) is 1.05. The van der Waals surface area contributed by atoms with Crippen LogP contribution < -0.4 is 4.90 Å². The van der Waals surface area contributed by atoms with Gasteiger partial charge in [-0.1, -0.05) is 0 Å². The highest BCUT2D eigenvalue weighted by Gasteiger charge is 2.10. The van der Waals surface area contributed by atoms with Crippen LogP contribution in [0.25, 0.3) is 5.65 Å². The molecule has 0 atom stereocenters. The van der Waals surface area contributed by atoms with E-state index in [4.69, 9.17) is 0 Å². The van der Waals surface area contributed by atoms with Crippen LogP contribution in [0, 0.1) is 13.8 Å². The van der Waals surface area contributed by atoms with Crippen molar-refractivity contribution in [2.75, 3.05) is 18.5 Å². The first-order chi connectivity index (χ1) is 9.63. The molecule has 6 heteroatoms. The predicted molar refractivity (Wildman–Crippen MR) is 78.0 cm³/mol. The van der Waals surface area contributed by atoms with Crippen molar-refractivity contribution in [2.24, 2.45) is 0 Å². The van der Waals surface area contributed by atoms with Crippen LogP contribution >= 0.6 is 0 Å². The molecule has 3 aromatic rings. The summed E-state index contributed by atoms with van der Waals surface area (Å²) in [5, 5.41) is 8.73. The zero-order valence-electron chi connectivity index (χ0n) is 12.0. The Kier molecular flexibility index (Phi) is 3.14. The molecule has 0 amide bonds. The lowest BCUT2D eigenvalue weighted by molar-refractivity contribution is 0.606. The van der Waals surface area contributed by atoms with Crippen LogP contribution in [-0.2, 0) is 6.54 Å². The maximum atomic E-state index is 4.51. The number of fused-ring (bicyclic) bond motifs is 1. The van der Waals surface area contributed by atoms with Crippen LogP contribution in [0.5, 0.6) is 0 Å². The third kappa shape index (κ3) is 2.36. The van der Waals surface area contributed by atoms with Crippen LogP contribution in [-0.4, -0.2) is 38.0 Å². The van der Waals surface area contributed by atoms with Crippen molar-refractivity contribution in [3.63, 3.8) is 0 Å². The number of likely N-dealkylation sites (N-methyl/N-ethyl adjacent to an activating group) is 1. The van der Waals surface area contributed by atoms with Gasteiger partial charge in [0.05, 0.1) is 12.2 Å². The molecule has 0 aliphatic rings. The predicted octanol–water partition coefficient (Wildman–Crippen LogP) is 1.68. The molecule has 0 aromatic carbocycles. The molecule has 0 spiro atoms. The van der Waals surface area contributed by atoms with E-state index in [9.17, 15) is 0 Å². The van der Waals surface area contributed by atoms with Crippen molar-refractivity contribution in [3.05, 3.63) is 42.0 Å². The standard InChI is InChI=1S/C14H18N6/c1-11-10-14(20-13(16-11)9-12(2)17-20)18(3)7-8-19-6-4-5-15-19/h4-6,9-10H,7-8H2,1-3H3. The molecule has 0 aliphatic heterocycles. The van der Waals surface area contributed by atoms with Gasteiger partial charge < -0.3 is 4.90 Å². The van der Waals surface area contributed by atoms with Crippen molar-refractivity contribution >= 4 is 11.5 Å². The van der Waals surface area contributed by atoms with E-state index in [0.717, 1.165) is 35.9 Å². The van der Waals surface area contributed by atoms with Gasteiger partial charge in [-0.15, -0.1) is 0 Å². The van der Waals surface area contributed by atoms with Gasteiger partial charge in [0.1, 0.15) is 5.82 Å². The molecule has 3 heterocycles. The highest BCUT2D eigenvalue weighted by atomic mass is 15.4. The van der Waals surface area contributed by atoms with Gasteiger partial charge in [0.2, 0.25) is 0 Å². The molecular formula is C14H18N6. The second kappa shape index (κ2) is 4.96. The summed E-state index contributed by atoms with van der Waals surface area (Å²) < 4.78 is 3.82. The first-order valence-corrected chi connectivity index (χ1v) is 6.66. The highest BCUT2D eigenvalue weighted by Crippen LogP contribution is 2.16. The van der Waals surface area contributed by atoms with E-state index >= 15 is 0 Å². The van der Waals surface area contributed by atoms with Gasteiger partial charge in [0.15, 0.2) is 5.65 Å². The lowest BCUT2D eigenvalue weighted by atomic mass is 10.4. The lowest BCUT2D eigenvalue weighted by Gasteiger charge is -2.20. The second-order valence-electron chi connectivity index (χ2n) is 5.00. The molecule has 0 unspecified atom stereocenters. The smallest absolute Gasteiger partial charge is 0.157 e. The maximum Gasteiger partial charge on any atom is 0.157 e. The number of rotatable bonds is 4. The molecule has 20 heavy (non-hydrogen) atoms. The van der Waals surface area contributed by atoms with Crippen LogP contribution in [0.3, 0.4) is 0 Å². The number of aryl methyl sites for hydroxylation is 2. The average molecular weight is 270 g/mol. The van der Waals surface area contributed by atoms with Crippen LogP contribution in [0.2, 0.25) is 0 Å². The molecule has 3 aromatic heterocycles.